The van der Waals surface area contributed by atoms with Crippen LogP contribution in [0.2, 0.25) is 0 Å². The first-order valence-corrected chi connectivity index (χ1v) is 8.98. The number of amides is 1. The van der Waals surface area contributed by atoms with Crippen molar-refractivity contribution in [3.8, 4) is 5.75 Å². The molecule has 0 spiro atoms. The standard InChI is InChI=1S/C20H25NO6/c1-5-6-7-14-10-17(22)27-18-11(2)16(9-8-15(14)18)26-13(4)19(23)21-12(3)20(24)25/h8-10,12-13H,5-7H2,1-4H3,(H,21,23)(H,24,25)/p-1/t12-,13+/m0/s1. The lowest BCUT2D eigenvalue weighted by atomic mass is 10.0. The summed E-state index contributed by atoms with van der Waals surface area (Å²) < 4.78 is 11.0. The molecule has 0 aliphatic rings. The van der Waals surface area contributed by atoms with E-state index in [0.717, 1.165) is 30.2 Å². The molecule has 27 heavy (non-hydrogen) atoms. The highest BCUT2D eigenvalue weighted by molar-refractivity contribution is 5.87. The lowest BCUT2D eigenvalue weighted by Gasteiger charge is -2.20. The maximum atomic E-state index is 12.1. The molecule has 2 atom stereocenters. The van der Waals surface area contributed by atoms with Gasteiger partial charge in [0, 0.05) is 17.0 Å². The van der Waals surface area contributed by atoms with Crippen LogP contribution in [0, 0.1) is 6.92 Å². The second-order valence-corrected chi connectivity index (χ2v) is 6.57. The summed E-state index contributed by atoms with van der Waals surface area (Å²) >= 11 is 0. The fraction of sp³-hybridized carbons (Fsp3) is 0.450. The number of fused-ring (bicyclic) bond motifs is 1. The number of nitrogens with one attached hydrogen (secondary N) is 1. The van der Waals surface area contributed by atoms with Gasteiger partial charge in [-0.2, -0.15) is 0 Å². The first kappa shape index (κ1) is 20.5. The highest BCUT2D eigenvalue weighted by Crippen LogP contribution is 2.29. The summed E-state index contributed by atoms with van der Waals surface area (Å²) in [5.41, 5.74) is 1.53. The summed E-state index contributed by atoms with van der Waals surface area (Å²) in [5, 5.41) is 13.9. The molecule has 0 radical (unpaired) electrons. The van der Waals surface area contributed by atoms with Crippen LogP contribution in [-0.4, -0.2) is 24.0 Å². The minimum Gasteiger partial charge on any atom is -0.548 e. The molecule has 0 bridgehead atoms. The van der Waals surface area contributed by atoms with Crippen molar-refractivity contribution >= 4 is 22.8 Å². The Bertz CT molecular complexity index is 901. The van der Waals surface area contributed by atoms with Gasteiger partial charge < -0.3 is 24.4 Å². The van der Waals surface area contributed by atoms with E-state index in [1.165, 1.54) is 19.9 Å². The monoisotopic (exact) mass is 374 g/mol. The van der Waals surface area contributed by atoms with Gasteiger partial charge in [-0.3, -0.25) is 4.79 Å². The smallest absolute Gasteiger partial charge is 0.336 e. The van der Waals surface area contributed by atoms with Gasteiger partial charge in [0.1, 0.15) is 11.3 Å². The molecule has 0 aliphatic heterocycles. The summed E-state index contributed by atoms with van der Waals surface area (Å²) in [6.07, 6.45) is 1.82. The van der Waals surface area contributed by atoms with Crippen molar-refractivity contribution in [1.82, 2.24) is 5.32 Å². The van der Waals surface area contributed by atoms with Gasteiger partial charge in [0.05, 0.1) is 12.0 Å². The van der Waals surface area contributed by atoms with E-state index in [9.17, 15) is 19.5 Å². The minimum atomic E-state index is -1.38. The fourth-order valence-corrected chi connectivity index (χ4v) is 2.74. The Balaban J connectivity index is 2.29. The van der Waals surface area contributed by atoms with Crippen LogP contribution in [0.3, 0.4) is 0 Å². The molecule has 7 heteroatoms. The van der Waals surface area contributed by atoms with Crippen molar-refractivity contribution in [1.29, 1.82) is 0 Å². The predicted octanol–water partition coefficient (Wildman–Crippen LogP) is 1.47. The average molecular weight is 374 g/mol. The number of carboxylic acid groups (broad SMARTS) is 1. The van der Waals surface area contributed by atoms with Crippen LogP contribution in [0.25, 0.3) is 11.0 Å². The molecule has 0 unspecified atom stereocenters. The first-order valence-electron chi connectivity index (χ1n) is 8.98. The fourth-order valence-electron chi connectivity index (χ4n) is 2.74. The van der Waals surface area contributed by atoms with Crippen molar-refractivity contribution in [2.24, 2.45) is 0 Å². The second-order valence-electron chi connectivity index (χ2n) is 6.57. The number of carboxylic acids is 1. The third-order valence-corrected chi connectivity index (χ3v) is 4.38. The van der Waals surface area contributed by atoms with Crippen LogP contribution in [0.1, 0.15) is 44.7 Å². The quantitative estimate of drug-likeness (QED) is 0.701. The summed E-state index contributed by atoms with van der Waals surface area (Å²) in [4.78, 5) is 34.7. The van der Waals surface area contributed by atoms with Crippen molar-refractivity contribution in [3.63, 3.8) is 0 Å². The number of benzene rings is 1. The number of unbranched alkanes of at least 4 members (excludes halogenated alkanes) is 1. The Morgan fingerprint density at radius 3 is 2.63 bits per heavy atom. The topological polar surface area (TPSA) is 109 Å². The van der Waals surface area contributed by atoms with Crippen LogP contribution in [0.5, 0.6) is 5.75 Å². The Morgan fingerprint density at radius 1 is 1.30 bits per heavy atom. The normalized spacial score (nSPS) is 13.2. The maximum absolute atomic E-state index is 12.1. The number of aryl methyl sites for hydroxylation is 2. The minimum absolute atomic E-state index is 0.391. The molecule has 1 heterocycles. The molecule has 1 amide bonds. The zero-order chi connectivity index (χ0) is 20.1. The SMILES string of the molecule is CCCCc1cc(=O)oc2c(C)c(O[C@H](C)C(=O)N[C@@H](C)C(=O)[O-])ccc12. The lowest BCUT2D eigenvalue weighted by Crippen LogP contribution is -2.49. The van der Waals surface area contributed by atoms with Crippen molar-refractivity contribution in [2.75, 3.05) is 0 Å². The maximum Gasteiger partial charge on any atom is 0.336 e. The van der Waals surface area contributed by atoms with Gasteiger partial charge in [0.25, 0.3) is 5.91 Å². The number of rotatable bonds is 8. The first-order chi connectivity index (χ1) is 12.7. The number of carbonyl (C=O) groups excluding carboxylic acids is 2. The highest BCUT2D eigenvalue weighted by atomic mass is 16.5. The molecule has 2 rings (SSSR count). The van der Waals surface area contributed by atoms with Gasteiger partial charge in [0.2, 0.25) is 0 Å². The zero-order valence-corrected chi connectivity index (χ0v) is 16.0. The zero-order valence-electron chi connectivity index (χ0n) is 16.0. The van der Waals surface area contributed by atoms with Gasteiger partial charge in [-0.1, -0.05) is 13.3 Å². The van der Waals surface area contributed by atoms with E-state index in [1.54, 1.807) is 19.1 Å². The molecule has 0 fully saturated rings. The Hall–Kier alpha value is -2.83. The lowest BCUT2D eigenvalue weighted by molar-refractivity contribution is -0.307. The van der Waals surface area contributed by atoms with Gasteiger partial charge >= 0.3 is 5.63 Å². The highest BCUT2D eigenvalue weighted by Gasteiger charge is 2.19. The van der Waals surface area contributed by atoms with Crippen molar-refractivity contribution in [2.45, 2.75) is 59.1 Å². The van der Waals surface area contributed by atoms with E-state index in [0.29, 0.717) is 16.9 Å². The molecule has 1 aromatic heterocycles. The molecule has 0 aliphatic carbocycles. The van der Waals surface area contributed by atoms with Crippen LogP contribution in [0.4, 0.5) is 0 Å². The van der Waals surface area contributed by atoms with Crippen LogP contribution in [-0.2, 0) is 16.0 Å². The molecule has 2 aromatic rings. The molecule has 146 valence electrons. The van der Waals surface area contributed by atoms with Crippen molar-refractivity contribution < 1.29 is 23.8 Å². The van der Waals surface area contributed by atoms with E-state index in [-0.39, 0.29) is 0 Å². The van der Waals surface area contributed by atoms with Crippen LogP contribution < -0.4 is 20.8 Å². The molecular formula is C20H24NO6-. The number of aliphatic carboxylic acids is 1. The molecule has 0 saturated carbocycles. The number of hydrogen-bond donors (Lipinski definition) is 1. The summed E-state index contributed by atoms with van der Waals surface area (Å²) in [7, 11) is 0. The van der Waals surface area contributed by atoms with Crippen molar-refractivity contribution in [3.05, 3.63) is 39.7 Å². The average Bonchev–Trinajstić information content (AvgIpc) is 2.62. The predicted molar refractivity (Wildman–Crippen MR) is 98.5 cm³/mol. The molecular weight excluding hydrogens is 350 g/mol. The largest absolute Gasteiger partial charge is 0.548 e. The van der Waals surface area contributed by atoms with Gasteiger partial charge in [-0.25, -0.2) is 4.79 Å². The van der Waals surface area contributed by atoms with E-state index in [1.807, 2.05) is 0 Å². The van der Waals surface area contributed by atoms with E-state index < -0.39 is 29.6 Å². The number of ether oxygens (including phenoxy) is 1. The van der Waals surface area contributed by atoms with Gasteiger partial charge in [0.15, 0.2) is 6.10 Å². The second kappa shape index (κ2) is 8.70. The molecule has 7 nitrogen and oxygen atoms in total. The number of carbonyl (C=O) groups is 2. The third kappa shape index (κ3) is 4.87. The Labute approximate surface area is 157 Å². The molecule has 0 saturated heterocycles. The summed E-state index contributed by atoms with van der Waals surface area (Å²) in [6, 6.07) is 3.91. The van der Waals surface area contributed by atoms with E-state index >= 15 is 0 Å². The van der Waals surface area contributed by atoms with E-state index in [2.05, 4.69) is 12.2 Å². The Kier molecular flexibility index (Phi) is 6.60. The van der Waals surface area contributed by atoms with Gasteiger partial charge in [-0.05, 0) is 51.3 Å². The Morgan fingerprint density at radius 2 is 2.00 bits per heavy atom. The van der Waals surface area contributed by atoms with Gasteiger partial charge in [-0.15, -0.1) is 0 Å². The van der Waals surface area contributed by atoms with Crippen LogP contribution >= 0.6 is 0 Å². The summed E-state index contributed by atoms with van der Waals surface area (Å²) in [5.74, 6) is -1.56. The van der Waals surface area contributed by atoms with E-state index in [4.69, 9.17) is 9.15 Å². The third-order valence-electron chi connectivity index (χ3n) is 4.38. The summed E-state index contributed by atoms with van der Waals surface area (Å²) in [6.45, 7) is 6.65. The number of hydrogen-bond acceptors (Lipinski definition) is 6. The van der Waals surface area contributed by atoms with Crippen LogP contribution in [0.15, 0.2) is 27.4 Å². The molecule has 1 aromatic carbocycles. The molecule has 1 N–H and O–H groups in total.